The third-order valence-electron chi connectivity index (χ3n) is 4.12. The van der Waals surface area contributed by atoms with E-state index < -0.39 is 10.0 Å². The minimum atomic E-state index is -3.69. The molecule has 2 aromatic rings. The first-order valence-corrected chi connectivity index (χ1v) is 11.1. The molecule has 0 saturated carbocycles. The Bertz CT molecular complexity index is 959. The van der Waals surface area contributed by atoms with Gasteiger partial charge in [0, 0.05) is 32.1 Å². The van der Waals surface area contributed by atoms with Crippen molar-refractivity contribution in [1.82, 2.24) is 10.0 Å². The number of amides is 2. The number of carbonyl (C=O) groups excluding carboxylic acids is 2. The summed E-state index contributed by atoms with van der Waals surface area (Å²) in [6.07, 6.45) is 0.857. The van der Waals surface area contributed by atoms with E-state index in [1.165, 1.54) is 31.2 Å². The Morgan fingerprint density at radius 2 is 1.70 bits per heavy atom. The number of rotatable bonds is 11. The average molecular weight is 434 g/mol. The number of nitrogens with one attached hydrogen (secondary N) is 3. The van der Waals surface area contributed by atoms with Crippen molar-refractivity contribution in [3.8, 4) is 5.75 Å². The molecule has 0 aromatic heterocycles. The highest BCUT2D eigenvalue weighted by molar-refractivity contribution is 7.89. The number of sulfonamides is 1. The molecular weight excluding hydrogens is 406 g/mol. The van der Waals surface area contributed by atoms with Crippen LogP contribution in [0.1, 0.15) is 25.3 Å². The predicted octanol–water partition coefficient (Wildman–Crippen LogP) is 2.21. The molecule has 0 aliphatic carbocycles. The van der Waals surface area contributed by atoms with Gasteiger partial charge in [-0.3, -0.25) is 9.59 Å². The van der Waals surface area contributed by atoms with Crippen LogP contribution < -0.4 is 20.1 Å². The van der Waals surface area contributed by atoms with Crippen molar-refractivity contribution < 1.29 is 22.7 Å². The first-order chi connectivity index (χ1) is 14.3. The molecular formula is C21H27N3O5S. The van der Waals surface area contributed by atoms with Crippen LogP contribution in [0.25, 0.3) is 0 Å². The Hall–Kier alpha value is -2.91. The largest absolute Gasteiger partial charge is 0.493 e. The Morgan fingerprint density at radius 3 is 2.37 bits per heavy atom. The van der Waals surface area contributed by atoms with Crippen LogP contribution in [-0.2, 0) is 19.6 Å². The molecule has 9 heteroatoms. The number of benzene rings is 2. The van der Waals surface area contributed by atoms with E-state index in [0.29, 0.717) is 25.1 Å². The molecule has 2 rings (SSSR count). The molecule has 30 heavy (non-hydrogen) atoms. The monoisotopic (exact) mass is 433 g/mol. The lowest BCUT2D eigenvalue weighted by molar-refractivity contribution is -0.121. The average Bonchev–Trinajstić information content (AvgIpc) is 2.70. The third-order valence-corrected chi connectivity index (χ3v) is 5.60. The Labute approximate surface area is 177 Å². The van der Waals surface area contributed by atoms with Crippen molar-refractivity contribution in [1.29, 1.82) is 0 Å². The maximum absolute atomic E-state index is 12.3. The zero-order chi connectivity index (χ0) is 22.0. The normalized spacial score (nSPS) is 11.0. The topological polar surface area (TPSA) is 114 Å². The van der Waals surface area contributed by atoms with E-state index in [2.05, 4.69) is 15.4 Å². The van der Waals surface area contributed by atoms with Crippen LogP contribution in [0, 0.1) is 6.92 Å². The van der Waals surface area contributed by atoms with Gasteiger partial charge < -0.3 is 15.4 Å². The van der Waals surface area contributed by atoms with E-state index in [9.17, 15) is 18.0 Å². The minimum Gasteiger partial charge on any atom is -0.493 e. The van der Waals surface area contributed by atoms with Crippen LogP contribution in [0.2, 0.25) is 0 Å². The summed E-state index contributed by atoms with van der Waals surface area (Å²) in [4.78, 5) is 22.9. The second kappa shape index (κ2) is 11.3. The summed E-state index contributed by atoms with van der Waals surface area (Å²) in [5, 5.41) is 5.25. The van der Waals surface area contributed by atoms with Gasteiger partial charge in [-0.05, 0) is 49.2 Å². The number of anilines is 1. The summed E-state index contributed by atoms with van der Waals surface area (Å²) in [5.74, 6) is 0.404. The second-order valence-corrected chi connectivity index (χ2v) is 8.44. The van der Waals surface area contributed by atoms with Gasteiger partial charge in [0.2, 0.25) is 21.8 Å². The summed E-state index contributed by atoms with van der Waals surface area (Å²) in [6.45, 7) is 4.01. The summed E-state index contributed by atoms with van der Waals surface area (Å²) in [7, 11) is -3.69. The molecule has 0 saturated heterocycles. The highest BCUT2D eigenvalue weighted by atomic mass is 32.2. The number of para-hydroxylation sites is 1. The van der Waals surface area contributed by atoms with Gasteiger partial charge in [-0.25, -0.2) is 13.1 Å². The molecule has 0 unspecified atom stereocenters. The molecule has 0 heterocycles. The molecule has 2 amide bonds. The van der Waals surface area contributed by atoms with Gasteiger partial charge >= 0.3 is 0 Å². The first-order valence-electron chi connectivity index (χ1n) is 9.60. The summed E-state index contributed by atoms with van der Waals surface area (Å²) < 4.78 is 32.6. The van der Waals surface area contributed by atoms with Crippen molar-refractivity contribution in [2.24, 2.45) is 0 Å². The van der Waals surface area contributed by atoms with E-state index in [1.54, 1.807) is 0 Å². The molecule has 0 radical (unpaired) electrons. The van der Waals surface area contributed by atoms with E-state index in [0.717, 1.165) is 11.3 Å². The minimum absolute atomic E-state index is 0.0707. The van der Waals surface area contributed by atoms with Crippen LogP contribution in [0.15, 0.2) is 53.4 Å². The van der Waals surface area contributed by atoms with Crippen molar-refractivity contribution >= 4 is 27.5 Å². The van der Waals surface area contributed by atoms with Crippen molar-refractivity contribution in [3.63, 3.8) is 0 Å². The van der Waals surface area contributed by atoms with Crippen molar-refractivity contribution in [2.75, 3.05) is 25.0 Å². The number of aryl methyl sites for hydroxylation is 1. The zero-order valence-corrected chi connectivity index (χ0v) is 17.9. The smallest absolute Gasteiger partial charge is 0.240 e. The molecule has 3 N–H and O–H groups in total. The standard InChI is InChI=1S/C21H27N3O5S/c1-16-6-3-4-7-20(16)29-15-5-8-21(26)22-13-14-23-30(27,28)19-11-9-18(10-12-19)24-17(2)25/h3-4,6-7,9-12,23H,5,8,13-15H2,1-2H3,(H,22,26)(H,24,25). The quantitative estimate of drug-likeness (QED) is 0.470. The molecule has 8 nitrogen and oxygen atoms in total. The van der Waals surface area contributed by atoms with Crippen LogP contribution in [-0.4, -0.2) is 39.9 Å². The fraction of sp³-hybridized carbons (Fsp3) is 0.333. The maximum Gasteiger partial charge on any atom is 0.240 e. The second-order valence-electron chi connectivity index (χ2n) is 6.67. The number of hydrogen-bond acceptors (Lipinski definition) is 5. The number of ether oxygens (including phenoxy) is 1. The van der Waals surface area contributed by atoms with Gasteiger partial charge in [0.1, 0.15) is 5.75 Å². The van der Waals surface area contributed by atoms with Gasteiger partial charge in [0.05, 0.1) is 11.5 Å². The SMILES string of the molecule is CC(=O)Nc1ccc(S(=O)(=O)NCCNC(=O)CCCOc2ccccc2C)cc1. The highest BCUT2D eigenvalue weighted by Crippen LogP contribution is 2.16. The van der Waals surface area contributed by atoms with Gasteiger partial charge in [-0.1, -0.05) is 18.2 Å². The number of hydrogen-bond donors (Lipinski definition) is 3. The lowest BCUT2D eigenvalue weighted by Crippen LogP contribution is -2.34. The van der Waals surface area contributed by atoms with Crippen LogP contribution in [0.5, 0.6) is 5.75 Å². The van der Waals surface area contributed by atoms with E-state index in [1.807, 2.05) is 31.2 Å². The lowest BCUT2D eigenvalue weighted by Gasteiger charge is -2.10. The summed E-state index contributed by atoms with van der Waals surface area (Å²) in [5.41, 5.74) is 1.55. The van der Waals surface area contributed by atoms with Gasteiger partial charge in [-0.2, -0.15) is 0 Å². The Morgan fingerprint density at radius 1 is 1.00 bits per heavy atom. The van der Waals surface area contributed by atoms with Crippen LogP contribution >= 0.6 is 0 Å². The molecule has 162 valence electrons. The van der Waals surface area contributed by atoms with Gasteiger partial charge in [-0.15, -0.1) is 0 Å². The first kappa shape index (κ1) is 23.4. The van der Waals surface area contributed by atoms with Gasteiger partial charge in [0.15, 0.2) is 0 Å². The van der Waals surface area contributed by atoms with Crippen LogP contribution in [0.3, 0.4) is 0 Å². The molecule has 0 aliphatic heterocycles. The molecule has 0 atom stereocenters. The van der Waals surface area contributed by atoms with Gasteiger partial charge in [0.25, 0.3) is 0 Å². The zero-order valence-electron chi connectivity index (χ0n) is 17.1. The highest BCUT2D eigenvalue weighted by Gasteiger charge is 2.13. The molecule has 0 bridgehead atoms. The molecule has 2 aromatic carbocycles. The Kier molecular flexibility index (Phi) is 8.82. The number of carbonyl (C=O) groups is 2. The maximum atomic E-state index is 12.3. The third kappa shape index (κ3) is 7.84. The fourth-order valence-electron chi connectivity index (χ4n) is 2.61. The fourth-order valence-corrected chi connectivity index (χ4v) is 3.64. The van der Waals surface area contributed by atoms with Crippen molar-refractivity contribution in [2.45, 2.75) is 31.6 Å². The summed E-state index contributed by atoms with van der Waals surface area (Å²) >= 11 is 0. The van der Waals surface area contributed by atoms with E-state index in [4.69, 9.17) is 4.74 Å². The Balaban J connectivity index is 1.65. The van der Waals surface area contributed by atoms with Crippen LogP contribution in [0.4, 0.5) is 5.69 Å². The van der Waals surface area contributed by atoms with E-state index in [-0.39, 0.29) is 29.8 Å². The summed E-state index contributed by atoms with van der Waals surface area (Å²) in [6, 6.07) is 13.5. The van der Waals surface area contributed by atoms with E-state index >= 15 is 0 Å². The molecule has 0 spiro atoms. The van der Waals surface area contributed by atoms with Crippen molar-refractivity contribution in [3.05, 3.63) is 54.1 Å². The lowest BCUT2D eigenvalue weighted by atomic mass is 10.2. The molecule has 0 fully saturated rings. The molecule has 0 aliphatic rings. The predicted molar refractivity (Wildman–Crippen MR) is 115 cm³/mol.